The first-order valence-corrected chi connectivity index (χ1v) is 20.2. The molecule has 1 amide bonds. The number of nitrogens with one attached hydrogen (secondary N) is 2. The van der Waals surface area contributed by atoms with Gasteiger partial charge in [-0.2, -0.15) is 0 Å². The van der Waals surface area contributed by atoms with Gasteiger partial charge in [-0.1, -0.05) is 88.2 Å². The van der Waals surface area contributed by atoms with Crippen LogP contribution >= 0.6 is 67.3 Å². The number of halogens is 4. The molecule has 0 fully saturated rings. The molecule has 0 aliphatic heterocycles. The Hall–Kier alpha value is -0.226. The zero-order valence-corrected chi connectivity index (χ0v) is 26.7. The maximum absolute atomic E-state index is 11.8. The van der Waals surface area contributed by atoms with Crippen molar-refractivity contribution in [2.45, 2.75) is 46.7 Å². The first kappa shape index (κ1) is 32.8. The van der Waals surface area contributed by atoms with E-state index in [1.54, 1.807) is 18.2 Å². The lowest BCUT2D eigenvalue weighted by atomic mass is 10.2. The molecule has 2 aromatic carbocycles. The van der Waals surface area contributed by atoms with Crippen molar-refractivity contribution in [3.05, 3.63) is 66.5 Å². The van der Waals surface area contributed by atoms with Crippen molar-refractivity contribution < 1.29 is 4.79 Å². The number of benzene rings is 2. The summed E-state index contributed by atoms with van der Waals surface area (Å²) in [6, 6.07) is 11.0. The van der Waals surface area contributed by atoms with Crippen LogP contribution < -0.4 is 10.6 Å². The van der Waals surface area contributed by atoms with Crippen LogP contribution in [0.1, 0.15) is 23.3 Å². The van der Waals surface area contributed by atoms with E-state index < -0.39 is 16.1 Å². The van der Waals surface area contributed by atoms with E-state index in [0.717, 1.165) is 31.8 Å². The molecule has 0 aromatic heterocycles. The van der Waals surface area contributed by atoms with Crippen molar-refractivity contribution in [1.29, 1.82) is 0 Å². The van der Waals surface area contributed by atoms with Crippen molar-refractivity contribution >= 4 is 94.3 Å². The number of carbonyl (C=O) groups is 1. The normalized spacial score (nSPS) is 11.0. The Morgan fingerprint density at radius 1 is 0.818 bits per heavy atom. The highest BCUT2D eigenvalue weighted by molar-refractivity contribution is 9.10. The number of rotatable bonds is 6. The molecule has 0 spiro atoms. The molecule has 3 nitrogen and oxygen atoms in total. The molecule has 0 unspecified atom stereocenters. The Morgan fingerprint density at radius 3 is 1.64 bits per heavy atom. The molecule has 2 rings (SSSR count). The number of carbonyl (C=O) groups excluding carboxylic acids is 1. The fourth-order valence-corrected chi connectivity index (χ4v) is 4.75. The first-order valence-electron chi connectivity index (χ1n) is 10.1. The van der Waals surface area contributed by atoms with Crippen molar-refractivity contribution in [1.82, 2.24) is 10.6 Å². The van der Waals surface area contributed by atoms with Gasteiger partial charge >= 0.3 is 0 Å². The first-order chi connectivity index (χ1) is 14.6. The Labute approximate surface area is 233 Å². The highest BCUT2D eigenvalue weighted by Crippen LogP contribution is 2.24. The molecule has 0 atom stereocenters. The Balaban J connectivity index is 0.000000602. The number of amides is 1. The van der Waals surface area contributed by atoms with Gasteiger partial charge in [-0.05, 0) is 62.2 Å². The van der Waals surface area contributed by atoms with Crippen molar-refractivity contribution in [3.63, 3.8) is 0 Å². The van der Waals surface area contributed by atoms with Gasteiger partial charge in [-0.15, -0.1) is 0 Å². The average molecular weight is 673 g/mol. The van der Waals surface area contributed by atoms with Crippen LogP contribution in [0.4, 0.5) is 0 Å². The third kappa shape index (κ3) is 13.4. The van der Waals surface area contributed by atoms with Gasteiger partial charge in [0.2, 0.25) is 0 Å². The monoisotopic (exact) mass is 670 g/mol. The number of thiocarbonyl (C=S) groups is 1. The van der Waals surface area contributed by atoms with Crippen molar-refractivity contribution in [3.8, 4) is 0 Å². The summed E-state index contributed by atoms with van der Waals surface area (Å²) >= 11 is 23.9. The van der Waals surface area contributed by atoms with Gasteiger partial charge in [-0.25, -0.2) is 0 Å². The molecule has 0 aliphatic rings. The fourth-order valence-electron chi connectivity index (χ4n) is 2.17. The second kappa shape index (κ2) is 14.4. The molecule has 184 valence electrons. The van der Waals surface area contributed by atoms with E-state index in [0.29, 0.717) is 15.6 Å². The predicted octanol–water partition coefficient (Wildman–Crippen LogP) is 8.59. The minimum Gasteiger partial charge on any atom is -0.379 e. The smallest absolute Gasteiger partial charge is 0.251 e. The summed E-state index contributed by atoms with van der Waals surface area (Å²) in [5, 5.41) is 7.48. The van der Waals surface area contributed by atoms with Crippen LogP contribution in [0.5, 0.6) is 0 Å². The van der Waals surface area contributed by atoms with Gasteiger partial charge in [0.15, 0.2) is 0 Å². The lowest BCUT2D eigenvalue weighted by Gasteiger charge is -2.18. The number of hydrogen-bond acceptors (Lipinski definition) is 2. The molecular weight excluding hydrogens is 639 g/mol. The van der Waals surface area contributed by atoms with Crippen LogP contribution in [0.25, 0.3) is 0 Å². The summed E-state index contributed by atoms with van der Waals surface area (Å²) in [5.74, 6) is -0.0585. The van der Waals surface area contributed by atoms with Gasteiger partial charge in [-0.3, -0.25) is 4.79 Å². The summed E-state index contributed by atoms with van der Waals surface area (Å²) < 4.78 is 1.70. The summed E-state index contributed by atoms with van der Waals surface area (Å²) in [5.41, 5.74) is 1.58. The standard InChI is InChI=1S/C11H15BrClNOSi.C11H15BrClNSSi.CH4/c2*1-16(2,3)7-14-11(15)8-4-5-9(12)10(13)6-8;/h2*4-6H,7H2,1-3H3,(H,14,15);1H4. The van der Waals surface area contributed by atoms with Crippen LogP contribution in [0, 0.1) is 0 Å². The topological polar surface area (TPSA) is 41.1 Å². The molecule has 2 N–H and O–H groups in total. The lowest BCUT2D eigenvalue weighted by molar-refractivity contribution is 0.0959. The predicted molar refractivity (Wildman–Crippen MR) is 164 cm³/mol. The second-order valence-corrected chi connectivity index (χ2v) is 23.6. The van der Waals surface area contributed by atoms with Gasteiger partial charge in [0, 0.05) is 32.4 Å². The highest BCUT2D eigenvalue weighted by Gasteiger charge is 2.16. The molecule has 0 saturated heterocycles. The maximum atomic E-state index is 11.8. The summed E-state index contributed by atoms with van der Waals surface area (Å²) in [4.78, 5) is 12.6. The van der Waals surface area contributed by atoms with Crippen molar-refractivity contribution in [2.75, 3.05) is 12.3 Å². The molecule has 10 heteroatoms. The van der Waals surface area contributed by atoms with Gasteiger partial charge in [0.05, 0.1) is 26.2 Å². The molecule has 0 bridgehead atoms. The lowest BCUT2D eigenvalue weighted by Crippen LogP contribution is -2.39. The highest BCUT2D eigenvalue weighted by atomic mass is 79.9. The van der Waals surface area contributed by atoms with E-state index in [9.17, 15) is 4.79 Å². The quantitative estimate of drug-likeness (QED) is 0.239. The minimum atomic E-state index is -1.25. The average Bonchev–Trinajstić information content (AvgIpc) is 2.68. The van der Waals surface area contributed by atoms with E-state index in [2.05, 4.69) is 81.8 Å². The van der Waals surface area contributed by atoms with Crippen LogP contribution in [0.2, 0.25) is 49.3 Å². The molecular formula is C23H34Br2Cl2N2OSSi2. The molecule has 0 radical (unpaired) electrons. The van der Waals surface area contributed by atoms with Gasteiger partial charge in [0.1, 0.15) is 4.99 Å². The number of hydrogen-bond donors (Lipinski definition) is 2. The summed E-state index contributed by atoms with van der Waals surface area (Å²) in [6.45, 7) is 13.5. The van der Waals surface area contributed by atoms with Crippen LogP contribution in [-0.4, -0.2) is 39.4 Å². The van der Waals surface area contributed by atoms with Gasteiger partial charge < -0.3 is 10.6 Å². The third-order valence-corrected chi connectivity index (χ3v) is 9.24. The molecule has 0 heterocycles. The van der Waals surface area contributed by atoms with Crippen molar-refractivity contribution in [2.24, 2.45) is 0 Å². The summed E-state index contributed by atoms with van der Waals surface area (Å²) in [7, 11) is -2.37. The minimum absolute atomic E-state index is 0. The van der Waals surface area contributed by atoms with E-state index in [1.807, 2.05) is 18.2 Å². The van der Waals surface area contributed by atoms with Crippen LogP contribution in [-0.2, 0) is 0 Å². The van der Waals surface area contributed by atoms with E-state index in [-0.39, 0.29) is 13.3 Å². The van der Waals surface area contributed by atoms with Crippen LogP contribution in [0.15, 0.2) is 45.3 Å². The second-order valence-electron chi connectivity index (χ2n) is 9.74. The Morgan fingerprint density at radius 2 is 1.21 bits per heavy atom. The largest absolute Gasteiger partial charge is 0.379 e. The van der Waals surface area contributed by atoms with Crippen LogP contribution in [0.3, 0.4) is 0 Å². The molecule has 0 saturated carbocycles. The molecule has 2 aromatic rings. The Bertz CT molecular complexity index is 887. The zero-order valence-electron chi connectivity index (χ0n) is 19.2. The zero-order chi connectivity index (χ0) is 24.7. The third-order valence-electron chi connectivity index (χ3n) is 3.92. The van der Waals surface area contributed by atoms with E-state index in [1.165, 1.54) is 0 Å². The molecule has 0 aliphatic carbocycles. The van der Waals surface area contributed by atoms with Gasteiger partial charge in [0.25, 0.3) is 5.91 Å². The molecule has 33 heavy (non-hydrogen) atoms. The summed E-state index contributed by atoms with van der Waals surface area (Å²) in [6.07, 6.45) is 1.76. The maximum Gasteiger partial charge on any atom is 0.251 e. The van der Waals surface area contributed by atoms with E-state index >= 15 is 0 Å². The Kier molecular flexibility index (Phi) is 14.3. The fraction of sp³-hybridized carbons (Fsp3) is 0.391. The SMILES string of the molecule is C.C[Si](C)(C)CNC(=O)c1ccc(Br)c(Cl)c1.C[Si](C)(C)CNC(=S)c1ccc(Br)c(Cl)c1. The van der Waals surface area contributed by atoms with E-state index in [4.69, 9.17) is 35.4 Å².